The molecule has 1 aliphatic rings. The highest BCUT2D eigenvalue weighted by Gasteiger charge is 2.16. The van der Waals surface area contributed by atoms with Gasteiger partial charge in [0.25, 0.3) is 5.91 Å². The number of benzene rings is 2. The average molecular weight is 439 g/mol. The molecule has 31 heavy (non-hydrogen) atoms. The van der Waals surface area contributed by atoms with Crippen molar-refractivity contribution >= 4 is 22.4 Å². The number of methoxy groups -OCH3 is 1. The molecule has 1 aromatic heterocycles. The highest BCUT2D eigenvalue weighted by atomic mass is 32.1. The van der Waals surface area contributed by atoms with Crippen molar-refractivity contribution in [3.63, 3.8) is 0 Å². The standard InChI is InChI=1S/C24H26N2O4S/c1-28-14-12-17-4-6-18(7-5-17)22-16-31-24(25-22)26-23(27)19-8-10-20(11-9-19)30-15-21-3-2-13-29-21/h4-11,16,21H,2-3,12-15H2,1H3,(H,25,26,27). The van der Waals surface area contributed by atoms with Crippen LogP contribution in [0.15, 0.2) is 53.9 Å². The Morgan fingerprint density at radius 3 is 2.71 bits per heavy atom. The van der Waals surface area contributed by atoms with E-state index >= 15 is 0 Å². The molecule has 7 heteroatoms. The van der Waals surface area contributed by atoms with Crippen molar-refractivity contribution < 1.29 is 19.0 Å². The van der Waals surface area contributed by atoms with Crippen LogP contribution in [0.3, 0.4) is 0 Å². The Labute approximate surface area is 186 Å². The molecule has 2 aromatic carbocycles. The highest BCUT2D eigenvalue weighted by molar-refractivity contribution is 7.14. The molecule has 1 amide bonds. The van der Waals surface area contributed by atoms with E-state index in [2.05, 4.69) is 22.4 Å². The van der Waals surface area contributed by atoms with Gasteiger partial charge in [-0.1, -0.05) is 24.3 Å². The van der Waals surface area contributed by atoms with Gasteiger partial charge in [0.15, 0.2) is 5.13 Å². The lowest BCUT2D eigenvalue weighted by Gasteiger charge is -2.11. The van der Waals surface area contributed by atoms with E-state index in [0.29, 0.717) is 23.9 Å². The number of carbonyl (C=O) groups excluding carboxylic acids is 1. The van der Waals surface area contributed by atoms with Crippen LogP contribution in [0.25, 0.3) is 11.3 Å². The zero-order valence-corrected chi connectivity index (χ0v) is 18.3. The van der Waals surface area contributed by atoms with Crippen LogP contribution in [0, 0.1) is 0 Å². The third-order valence-corrected chi connectivity index (χ3v) is 5.90. The van der Waals surface area contributed by atoms with Gasteiger partial charge in [-0.15, -0.1) is 11.3 Å². The summed E-state index contributed by atoms with van der Waals surface area (Å²) in [5.41, 5.74) is 3.64. The molecule has 1 saturated heterocycles. The summed E-state index contributed by atoms with van der Waals surface area (Å²) < 4.78 is 16.4. The molecule has 0 aliphatic carbocycles. The number of aromatic nitrogens is 1. The van der Waals surface area contributed by atoms with Gasteiger partial charge >= 0.3 is 0 Å². The van der Waals surface area contributed by atoms with Gasteiger partial charge in [-0.05, 0) is 49.1 Å². The Morgan fingerprint density at radius 1 is 1.19 bits per heavy atom. The van der Waals surface area contributed by atoms with E-state index in [1.165, 1.54) is 16.9 Å². The zero-order chi connectivity index (χ0) is 21.5. The summed E-state index contributed by atoms with van der Waals surface area (Å²) in [6, 6.07) is 15.4. The van der Waals surface area contributed by atoms with Gasteiger partial charge in [-0.2, -0.15) is 0 Å². The number of nitrogens with zero attached hydrogens (tertiary/aromatic N) is 1. The van der Waals surface area contributed by atoms with Crippen LogP contribution in [0.1, 0.15) is 28.8 Å². The first kappa shape index (κ1) is 21.5. The van der Waals surface area contributed by atoms with Gasteiger partial charge in [-0.3, -0.25) is 10.1 Å². The fourth-order valence-corrected chi connectivity index (χ4v) is 4.08. The van der Waals surface area contributed by atoms with Gasteiger partial charge in [-0.25, -0.2) is 4.98 Å². The summed E-state index contributed by atoms with van der Waals surface area (Å²) in [5.74, 6) is 0.541. The van der Waals surface area contributed by atoms with E-state index in [-0.39, 0.29) is 12.0 Å². The maximum absolute atomic E-state index is 12.6. The number of anilines is 1. The van der Waals surface area contributed by atoms with E-state index in [0.717, 1.165) is 42.9 Å². The van der Waals surface area contributed by atoms with Crippen LogP contribution in [0.2, 0.25) is 0 Å². The molecule has 162 valence electrons. The summed E-state index contributed by atoms with van der Waals surface area (Å²) in [6.07, 6.45) is 3.18. The van der Waals surface area contributed by atoms with Crippen LogP contribution in [0.4, 0.5) is 5.13 Å². The van der Waals surface area contributed by atoms with Crippen LogP contribution in [-0.2, 0) is 15.9 Å². The van der Waals surface area contributed by atoms with E-state index in [4.69, 9.17) is 14.2 Å². The maximum atomic E-state index is 12.6. The van der Waals surface area contributed by atoms with Crippen LogP contribution < -0.4 is 10.1 Å². The second kappa shape index (κ2) is 10.5. The number of amides is 1. The van der Waals surface area contributed by atoms with Crippen molar-refractivity contribution in [1.29, 1.82) is 0 Å². The Kier molecular flexibility index (Phi) is 7.30. The summed E-state index contributed by atoms with van der Waals surface area (Å²) >= 11 is 1.41. The van der Waals surface area contributed by atoms with Gasteiger partial charge in [0.2, 0.25) is 0 Å². The van der Waals surface area contributed by atoms with Gasteiger partial charge in [0, 0.05) is 30.2 Å². The number of hydrogen-bond acceptors (Lipinski definition) is 6. The Balaban J connectivity index is 1.32. The third-order valence-electron chi connectivity index (χ3n) is 5.15. The van der Waals surface area contributed by atoms with Crippen LogP contribution in [-0.4, -0.2) is 43.9 Å². The number of ether oxygens (including phenoxy) is 3. The van der Waals surface area contributed by atoms with Gasteiger partial charge < -0.3 is 14.2 Å². The Bertz CT molecular complexity index is 980. The Morgan fingerprint density at radius 2 is 2.00 bits per heavy atom. The zero-order valence-electron chi connectivity index (χ0n) is 17.5. The highest BCUT2D eigenvalue weighted by Crippen LogP contribution is 2.26. The number of thiazole rings is 1. The SMILES string of the molecule is COCCc1ccc(-c2csc(NC(=O)c3ccc(OCC4CCCO4)cc3)n2)cc1. The summed E-state index contributed by atoms with van der Waals surface area (Å²) in [7, 11) is 1.70. The van der Waals surface area contributed by atoms with Crippen molar-refractivity contribution in [1.82, 2.24) is 4.98 Å². The minimum atomic E-state index is -0.193. The molecular weight excluding hydrogens is 412 g/mol. The molecule has 0 saturated carbocycles. The third kappa shape index (κ3) is 5.91. The molecule has 1 N–H and O–H groups in total. The molecule has 4 rings (SSSR count). The molecule has 0 spiro atoms. The van der Waals surface area contributed by atoms with Gasteiger partial charge in [0.05, 0.1) is 18.4 Å². The van der Waals surface area contributed by atoms with Crippen molar-refractivity contribution in [3.8, 4) is 17.0 Å². The first-order chi connectivity index (χ1) is 15.2. The number of nitrogens with one attached hydrogen (secondary N) is 1. The van der Waals surface area contributed by atoms with Crippen molar-refractivity contribution in [2.24, 2.45) is 0 Å². The summed E-state index contributed by atoms with van der Waals surface area (Å²) in [5, 5.41) is 5.39. The Hall–Kier alpha value is -2.74. The molecule has 0 bridgehead atoms. The fraction of sp³-hybridized carbons (Fsp3) is 0.333. The first-order valence-corrected chi connectivity index (χ1v) is 11.3. The molecule has 3 aromatic rings. The quantitative estimate of drug-likeness (QED) is 0.519. The minimum Gasteiger partial charge on any atom is -0.491 e. The largest absolute Gasteiger partial charge is 0.491 e. The summed E-state index contributed by atoms with van der Waals surface area (Å²) in [6.45, 7) is 2.06. The lowest BCUT2D eigenvalue weighted by Crippen LogP contribution is -2.16. The second-order valence-corrected chi connectivity index (χ2v) is 8.26. The van der Waals surface area contributed by atoms with Crippen LogP contribution >= 0.6 is 11.3 Å². The molecule has 1 fully saturated rings. The minimum absolute atomic E-state index is 0.170. The fourth-order valence-electron chi connectivity index (χ4n) is 3.36. The van der Waals surface area contributed by atoms with E-state index in [1.807, 2.05) is 29.6 Å². The van der Waals surface area contributed by atoms with Gasteiger partial charge in [0.1, 0.15) is 12.4 Å². The number of rotatable bonds is 9. The van der Waals surface area contributed by atoms with Crippen LogP contribution in [0.5, 0.6) is 5.75 Å². The average Bonchev–Trinajstić information content (AvgIpc) is 3.49. The lowest BCUT2D eigenvalue weighted by atomic mass is 10.1. The number of carbonyl (C=O) groups is 1. The number of hydrogen-bond donors (Lipinski definition) is 1. The molecule has 2 heterocycles. The topological polar surface area (TPSA) is 69.7 Å². The monoisotopic (exact) mass is 438 g/mol. The van der Waals surface area contributed by atoms with Crippen molar-refractivity contribution in [2.45, 2.75) is 25.4 Å². The maximum Gasteiger partial charge on any atom is 0.257 e. The first-order valence-electron chi connectivity index (χ1n) is 10.4. The molecule has 1 unspecified atom stereocenters. The molecule has 1 aliphatic heterocycles. The second-order valence-electron chi connectivity index (χ2n) is 7.40. The molecule has 0 radical (unpaired) electrons. The van der Waals surface area contributed by atoms with E-state index in [1.54, 1.807) is 19.2 Å². The molecular formula is C24H26N2O4S. The predicted octanol–water partition coefficient (Wildman–Crippen LogP) is 4.81. The smallest absolute Gasteiger partial charge is 0.257 e. The van der Waals surface area contributed by atoms with E-state index < -0.39 is 0 Å². The normalized spacial score (nSPS) is 15.7. The molecule has 6 nitrogen and oxygen atoms in total. The summed E-state index contributed by atoms with van der Waals surface area (Å²) in [4.78, 5) is 17.1. The van der Waals surface area contributed by atoms with E-state index in [9.17, 15) is 4.79 Å². The van der Waals surface area contributed by atoms with Crippen molar-refractivity contribution in [3.05, 3.63) is 65.0 Å². The van der Waals surface area contributed by atoms with Crippen molar-refractivity contribution in [2.75, 3.05) is 32.2 Å². The predicted molar refractivity (Wildman–Crippen MR) is 122 cm³/mol. The molecule has 1 atom stereocenters. The lowest BCUT2D eigenvalue weighted by molar-refractivity contribution is 0.0679.